The molecule has 3 aromatic rings. The molecular weight excluding hydrogens is 398 g/mol. The van der Waals surface area contributed by atoms with Gasteiger partial charge in [0.1, 0.15) is 5.69 Å². The zero-order valence-electron chi connectivity index (χ0n) is 17.1. The zero-order valence-corrected chi connectivity index (χ0v) is 17.1. The third-order valence-corrected chi connectivity index (χ3v) is 5.14. The lowest BCUT2D eigenvalue weighted by molar-refractivity contribution is -0.123. The maximum Gasteiger partial charge on any atom is 0.355 e. The Morgan fingerprint density at radius 3 is 2.55 bits per heavy atom. The second-order valence-corrected chi connectivity index (χ2v) is 7.28. The van der Waals surface area contributed by atoms with Crippen LogP contribution in [0.2, 0.25) is 0 Å². The number of fused-ring (bicyclic) bond motifs is 1. The molecule has 1 atom stereocenters. The molecule has 0 unspecified atom stereocenters. The van der Waals surface area contributed by atoms with Gasteiger partial charge < -0.3 is 24.7 Å². The molecule has 2 N–H and O–H groups in total. The maximum absolute atomic E-state index is 12.5. The summed E-state index contributed by atoms with van der Waals surface area (Å²) in [5.41, 5.74) is 1.27. The largest absolute Gasteiger partial charge is 0.448 e. The number of carbonyl (C=O) groups is 2. The number of anilines is 2. The second-order valence-electron chi connectivity index (χ2n) is 7.28. The summed E-state index contributed by atoms with van der Waals surface area (Å²) in [6, 6.07) is 15.9. The molecule has 1 aliphatic heterocycles. The monoisotopic (exact) mass is 421 g/mol. The van der Waals surface area contributed by atoms with Gasteiger partial charge in [0.15, 0.2) is 6.10 Å². The van der Waals surface area contributed by atoms with Crippen molar-refractivity contribution in [1.82, 2.24) is 4.98 Å². The third kappa shape index (κ3) is 4.75. The predicted molar refractivity (Wildman–Crippen MR) is 118 cm³/mol. The van der Waals surface area contributed by atoms with Gasteiger partial charge in [0, 0.05) is 29.9 Å². The van der Waals surface area contributed by atoms with Crippen LogP contribution in [0.1, 0.15) is 17.4 Å². The van der Waals surface area contributed by atoms with E-state index in [2.05, 4.69) is 15.2 Å². The van der Waals surface area contributed by atoms with Gasteiger partial charge in [-0.05, 0) is 48.7 Å². The highest BCUT2D eigenvalue weighted by Crippen LogP contribution is 2.19. The van der Waals surface area contributed by atoms with Crippen LogP contribution >= 0.6 is 0 Å². The van der Waals surface area contributed by atoms with Crippen molar-refractivity contribution >= 4 is 34.0 Å². The molecule has 1 amide bonds. The quantitative estimate of drug-likeness (QED) is 0.614. The molecule has 0 radical (unpaired) electrons. The number of benzene rings is 2. The van der Waals surface area contributed by atoms with Crippen LogP contribution in [0.3, 0.4) is 0 Å². The SMILES string of the molecule is C[C@@H](OC(=O)c1cc2ccccc2c(=O)[nH]1)C(=O)Nc1ccc(N2CCOCC2)cc1. The first kappa shape index (κ1) is 20.6. The molecule has 0 aliphatic carbocycles. The van der Waals surface area contributed by atoms with E-state index in [1.54, 1.807) is 36.4 Å². The fraction of sp³-hybridized carbons (Fsp3) is 0.261. The summed E-state index contributed by atoms with van der Waals surface area (Å²) in [5.74, 6) is -1.23. The number of esters is 1. The zero-order chi connectivity index (χ0) is 21.8. The molecule has 1 aliphatic rings. The number of carbonyl (C=O) groups excluding carboxylic acids is 2. The van der Waals surface area contributed by atoms with Crippen LogP contribution in [0.25, 0.3) is 10.8 Å². The van der Waals surface area contributed by atoms with E-state index >= 15 is 0 Å². The normalized spacial score (nSPS) is 14.8. The Balaban J connectivity index is 1.38. The Bertz CT molecular complexity index is 1150. The van der Waals surface area contributed by atoms with Gasteiger partial charge in [0.2, 0.25) is 0 Å². The van der Waals surface area contributed by atoms with E-state index in [0.717, 1.165) is 18.8 Å². The van der Waals surface area contributed by atoms with Crippen molar-refractivity contribution in [2.75, 3.05) is 36.5 Å². The van der Waals surface area contributed by atoms with Gasteiger partial charge in [-0.25, -0.2) is 4.79 Å². The Morgan fingerprint density at radius 1 is 1.10 bits per heavy atom. The van der Waals surface area contributed by atoms with Crippen molar-refractivity contribution in [2.45, 2.75) is 13.0 Å². The number of rotatable bonds is 5. The number of hydrogen-bond donors (Lipinski definition) is 2. The predicted octanol–water partition coefficient (Wildman–Crippen LogP) is 2.55. The van der Waals surface area contributed by atoms with Crippen molar-refractivity contribution in [2.24, 2.45) is 0 Å². The smallest absolute Gasteiger partial charge is 0.355 e. The van der Waals surface area contributed by atoms with Gasteiger partial charge in [-0.1, -0.05) is 18.2 Å². The minimum Gasteiger partial charge on any atom is -0.448 e. The number of hydrogen-bond acceptors (Lipinski definition) is 6. The molecule has 0 saturated carbocycles. The minimum atomic E-state index is -1.04. The van der Waals surface area contributed by atoms with Gasteiger partial charge >= 0.3 is 5.97 Å². The molecule has 31 heavy (non-hydrogen) atoms. The highest BCUT2D eigenvalue weighted by atomic mass is 16.5. The molecule has 0 bridgehead atoms. The van der Waals surface area contributed by atoms with E-state index in [4.69, 9.17) is 9.47 Å². The Kier molecular flexibility index (Phi) is 5.99. The van der Waals surface area contributed by atoms with Crippen LogP contribution in [0.5, 0.6) is 0 Å². The lowest BCUT2D eigenvalue weighted by atomic mass is 10.1. The molecule has 2 aromatic carbocycles. The second kappa shape index (κ2) is 9.01. The first-order valence-electron chi connectivity index (χ1n) is 10.1. The average molecular weight is 421 g/mol. The molecule has 8 heteroatoms. The summed E-state index contributed by atoms with van der Waals surface area (Å²) in [7, 11) is 0. The van der Waals surface area contributed by atoms with Gasteiger partial charge in [0.05, 0.1) is 13.2 Å². The maximum atomic E-state index is 12.5. The molecule has 0 spiro atoms. The van der Waals surface area contributed by atoms with E-state index in [1.165, 1.54) is 13.0 Å². The van der Waals surface area contributed by atoms with Crippen LogP contribution < -0.4 is 15.8 Å². The van der Waals surface area contributed by atoms with Crippen LogP contribution in [-0.4, -0.2) is 49.3 Å². The molecular formula is C23H23N3O5. The summed E-state index contributed by atoms with van der Waals surface area (Å²) in [5, 5.41) is 3.84. The molecule has 4 rings (SSSR count). The van der Waals surface area contributed by atoms with Gasteiger partial charge in [-0.3, -0.25) is 9.59 Å². The fourth-order valence-corrected chi connectivity index (χ4v) is 3.42. The highest BCUT2D eigenvalue weighted by molar-refractivity contribution is 5.98. The Morgan fingerprint density at radius 2 is 1.81 bits per heavy atom. The highest BCUT2D eigenvalue weighted by Gasteiger charge is 2.20. The topological polar surface area (TPSA) is 101 Å². The van der Waals surface area contributed by atoms with Crippen LogP contribution in [0.15, 0.2) is 59.4 Å². The Hall–Kier alpha value is -3.65. The molecule has 1 fully saturated rings. The summed E-state index contributed by atoms with van der Waals surface area (Å²) in [6.07, 6.45) is -1.04. The summed E-state index contributed by atoms with van der Waals surface area (Å²) in [4.78, 5) is 41.8. The number of aromatic amines is 1. The first-order chi connectivity index (χ1) is 15.0. The van der Waals surface area contributed by atoms with E-state index < -0.39 is 18.0 Å². The van der Waals surface area contributed by atoms with Crippen molar-refractivity contribution in [3.63, 3.8) is 0 Å². The van der Waals surface area contributed by atoms with Gasteiger partial charge in [0.25, 0.3) is 11.5 Å². The number of nitrogens with zero attached hydrogens (tertiary/aromatic N) is 1. The lowest BCUT2D eigenvalue weighted by Gasteiger charge is -2.28. The average Bonchev–Trinajstić information content (AvgIpc) is 2.80. The number of ether oxygens (including phenoxy) is 2. The Labute approximate surface area is 178 Å². The third-order valence-electron chi connectivity index (χ3n) is 5.14. The number of pyridine rings is 1. The van der Waals surface area contributed by atoms with Crippen LogP contribution in [-0.2, 0) is 14.3 Å². The van der Waals surface area contributed by atoms with Crippen LogP contribution in [0, 0.1) is 0 Å². The van der Waals surface area contributed by atoms with E-state index in [9.17, 15) is 14.4 Å². The number of amides is 1. The van der Waals surface area contributed by atoms with Gasteiger partial charge in [-0.2, -0.15) is 0 Å². The lowest BCUT2D eigenvalue weighted by Crippen LogP contribution is -2.36. The standard InChI is InChI=1S/C23H23N3O5/c1-15(31-23(29)20-14-16-4-2-3-5-19(16)22(28)25-20)21(27)24-17-6-8-18(9-7-17)26-10-12-30-13-11-26/h2-9,14-15H,10-13H2,1H3,(H,24,27)(H,25,28)/t15-/m1/s1. The molecule has 160 valence electrons. The molecule has 8 nitrogen and oxygen atoms in total. The summed E-state index contributed by atoms with van der Waals surface area (Å²) >= 11 is 0. The molecule has 1 saturated heterocycles. The van der Waals surface area contributed by atoms with Crippen molar-refractivity contribution in [3.05, 3.63) is 70.6 Å². The number of nitrogens with one attached hydrogen (secondary N) is 2. The number of aromatic nitrogens is 1. The number of H-pyrrole nitrogens is 1. The van der Waals surface area contributed by atoms with E-state index in [1.807, 2.05) is 12.1 Å². The number of morpholine rings is 1. The van der Waals surface area contributed by atoms with Crippen molar-refractivity contribution < 1.29 is 19.1 Å². The molecule has 2 heterocycles. The van der Waals surface area contributed by atoms with E-state index in [0.29, 0.717) is 29.7 Å². The van der Waals surface area contributed by atoms with Crippen molar-refractivity contribution in [1.29, 1.82) is 0 Å². The van der Waals surface area contributed by atoms with E-state index in [-0.39, 0.29) is 11.3 Å². The molecule has 1 aromatic heterocycles. The fourth-order valence-electron chi connectivity index (χ4n) is 3.42. The summed E-state index contributed by atoms with van der Waals surface area (Å²) in [6.45, 7) is 4.54. The van der Waals surface area contributed by atoms with Crippen LogP contribution in [0.4, 0.5) is 11.4 Å². The first-order valence-corrected chi connectivity index (χ1v) is 10.1. The minimum absolute atomic E-state index is 0.00165. The van der Waals surface area contributed by atoms with Gasteiger partial charge in [-0.15, -0.1) is 0 Å². The van der Waals surface area contributed by atoms with Crippen molar-refractivity contribution in [3.8, 4) is 0 Å². The summed E-state index contributed by atoms with van der Waals surface area (Å²) < 4.78 is 10.6.